The Kier molecular flexibility index (Phi) is 6.64. The summed E-state index contributed by atoms with van der Waals surface area (Å²) in [6, 6.07) is 0. The van der Waals surface area contributed by atoms with Crippen molar-refractivity contribution in [2.75, 3.05) is 0 Å². The molecule has 3 nitrogen and oxygen atoms in total. The van der Waals surface area contributed by atoms with Crippen LogP contribution in [0.1, 0.15) is 13.8 Å². The van der Waals surface area contributed by atoms with Crippen LogP contribution in [-0.4, -0.2) is 11.6 Å². The summed E-state index contributed by atoms with van der Waals surface area (Å²) in [5, 5.41) is 0. The third-order valence-corrected chi connectivity index (χ3v) is 2.32. The molecule has 0 saturated carbocycles. The van der Waals surface area contributed by atoms with Crippen LogP contribution in [-0.2, 0) is 9.63 Å². The lowest BCUT2D eigenvalue weighted by atomic mass is 10.2. The van der Waals surface area contributed by atoms with Gasteiger partial charge in [-0.05, 0) is 30.3 Å². The Morgan fingerprint density at radius 3 is 2.67 bits per heavy atom. The van der Waals surface area contributed by atoms with Crippen molar-refractivity contribution in [3.8, 4) is 0 Å². The molecular weight excluding hydrogens is 209 g/mol. The zero-order valence-corrected chi connectivity index (χ0v) is 10.1. The fourth-order valence-corrected chi connectivity index (χ4v) is 0.778. The fourth-order valence-electron chi connectivity index (χ4n) is 0.682. The number of carbonyl (C=O) groups is 1. The first-order valence-corrected chi connectivity index (χ1v) is 5.12. The Labute approximate surface area is 92.5 Å². The summed E-state index contributed by atoms with van der Waals surface area (Å²) in [4.78, 5) is 15.1. The van der Waals surface area contributed by atoms with Crippen molar-refractivity contribution in [2.24, 2.45) is 5.90 Å². The lowest BCUT2D eigenvalue weighted by Crippen LogP contribution is -2.10. The maximum Gasteiger partial charge on any atom is 0.356 e. The maximum absolute atomic E-state index is 11.0. The van der Waals surface area contributed by atoms with Gasteiger partial charge in [0.25, 0.3) is 0 Å². The molecule has 0 aromatic heterocycles. The van der Waals surface area contributed by atoms with E-state index < -0.39 is 5.97 Å². The van der Waals surface area contributed by atoms with Crippen LogP contribution in [0.5, 0.6) is 0 Å². The van der Waals surface area contributed by atoms with E-state index in [0.29, 0.717) is 11.2 Å². The van der Waals surface area contributed by atoms with Crippen LogP contribution in [0, 0.1) is 0 Å². The summed E-state index contributed by atoms with van der Waals surface area (Å²) in [5.74, 6) is 4.14. The van der Waals surface area contributed by atoms with Crippen molar-refractivity contribution in [1.82, 2.24) is 0 Å². The second-order valence-electron chi connectivity index (χ2n) is 3.01. The van der Waals surface area contributed by atoms with Crippen LogP contribution in [0.25, 0.3) is 0 Å². The van der Waals surface area contributed by atoms with E-state index in [1.54, 1.807) is 12.2 Å². The van der Waals surface area contributed by atoms with Crippen LogP contribution in [0.3, 0.4) is 0 Å². The first-order valence-electron chi connectivity index (χ1n) is 4.45. The molecule has 0 rings (SSSR count). The molecule has 0 saturated heterocycles. The molecular formula is C11H16NO2P. The molecule has 0 fully saturated rings. The minimum atomic E-state index is -0.611. The summed E-state index contributed by atoms with van der Waals surface area (Å²) in [5.41, 5.74) is 4.74. The molecule has 2 unspecified atom stereocenters. The Hall–Kier alpha value is -1.14. The number of hydrogen-bond acceptors (Lipinski definition) is 3. The molecule has 0 heterocycles. The molecule has 0 aliphatic carbocycles. The van der Waals surface area contributed by atoms with Crippen molar-refractivity contribution >= 4 is 15.2 Å². The predicted octanol–water partition coefficient (Wildman–Crippen LogP) is 1.88. The molecule has 0 aromatic carbocycles. The Morgan fingerprint density at radius 2 is 2.27 bits per heavy atom. The average Bonchev–Trinajstić information content (AvgIpc) is 2.22. The van der Waals surface area contributed by atoms with Crippen LogP contribution in [0.15, 0.2) is 41.7 Å². The van der Waals surface area contributed by atoms with Crippen LogP contribution in [0.4, 0.5) is 0 Å². The minimum absolute atomic E-state index is 0.300. The van der Waals surface area contributed by atoms with E-state index in [1.807, 2.05) is 13.8 Å². The largest absolute Gasteiger partial charge is 0.370 e. The zero-order valence-electron chi connectivity index (χ0n) is 8.99. The van der Waals surface area contributed by atoms with Gasteiger partial charge in [-0.25, -0.2) is 4.79 Å². The van der Waals surface area contributed by atoms with Gasteiger partial charge in [0.05, 0.1) is 5.57 Å². The van der Waals surface area contributed by atoms with Crippen molar-refractivity contribution in [3.05, 3.63) is 41.7 Å². The van der Waals surface area contributed by atoms with Gasteiger partial charge in [0.1, 0.15) is 0 Å². The summed E-state index contributed by atoms with van der Waals surface area (Å²) in [6.45, 7) is 7.47. The maximum atomic E-state index is 11.0. The normalized spacial score (nSPS) is 12.4. The highest BCUT2D eigenvalue weighted by molar-refractivity contribution is 7.17. The molecule has 0 radical (unpaired) electrons. The van der Waals surface area contributed by atoms with Crippen molar-refractivity contribution < 1.29 is 9.63 Å². The highest BCUT2D eigenvalue weighted by Crippen LogP contribution is 2.08. The van der Waals surface area contributed by atoms with E-state index in [0.717, 1.165) is 5.57 Å². The van der Waals surface area contributed by atoms with Gasteiger partial charge in [0, 0.05) is 0 Å². The third-order valence-electron chi connectivity index (χ3n) is 1.82. The molecule has 0 bridgehead atoms. The standard InChI is InChI=1S/C11H16NO2P/c1-4-10(11(13)14-12)7-5-6-8(2)9(3)15/h4-5,7,9H,1,12,15H2,2-3H3/b10-7+. The monoisotopic (exact) mass is 225 g/mol. The van der Waals surface area contributed by atoms with E-state index in [9.17, 15) is 4.79 Å². The van der Waals surface area contributed by atoms with Gasteiger partial charge in [-0.15, -0.1) is 15.0 Å². The Balaban J connectivity index is 4.83. The van der Waals surface area contributed by atoms with Crippen LogP contribution in [0.2, 0.25) is 0 Å². The summed E-state index contributed by atoms with van der Waals surface area (Å²) in [7, 11) is 2.66. The van der Waals surface area contributed by atoms with Gasteiger partial charge in [-0.1, -0.05) is 19.6 Å². The first kappa shape index (κ1) is 13.9. The third kappa shape index (κ3) is 5.34. The predicted molar refractivity (Wildman–Crippen MR) is 65.0 cm³/mol. The summed E-state index contributed by atoms with van der Waals surface area (Å²) >= 11 is 0. The van der Waals surface area contributed by atoms with Crippen molar-refractivity contribution in [2.45, 2.75) is 19.5 Å². The highest BCUT2D eigenvalue weighted by Gasteiger charge is 2.03. The van der Waals surface area contributed by atoms with Gasteiger partial charge >= 0.3 is 5.97 Å². The molecule has 0 aliphatic rings. The molecule has 15 heavy (non-hydrogen) atoms. The quantitative estimate of drug-likeness (QED) is 0.261. The van der Waals surface area contributed by atoms with Crippen molar-refractivity contribution in [1.29, 1.82) is 0 Å². The number of carbonyl (C=O) groups excluding carboxylic acids is 1. The first-order chi connectivity index (χ1) is 7.02. The molecule has 0 spiro atoms. The fraction of sp³-hybridized carbons (Fsp3) is 0.273. The van der Waals surface area contributed by atoms with Crippen LogP contribution >= 0.6 is 9.24 Å². The van der Waals surface area contributed by atoms with E-state index in [1.165, 1.54) is 6.08 Å². The highest BCUT2D eigenvalue weighted by atomic mass is 31.0. The smallest absolute Gasteiger partial charge is 0.356 e. The van der Waals surface area contributed by atoms with Gasteiger partial charge in [-0.2, -0.15) is 5.90 Å². The summed E-state index contributed by atoms with van der Waals surface area (Å²) < 4.78 is 0. The Bertz CT molecular complexity index is 336. The summed E-state index contributed by atoms with van der Waals surface area (Å²) in [6.07, 6.45) is 4.58. The van der Waals surface area contributed by atoms with Gasteiger partial charge in [0.2, 0.25) is 0 Å². The second-order valence-corrected chi connectivity index (χ2v) is 4.01. The van der Waals surface area contributed by atoms with E-state index in [2.05, 4.69) is 26.4 Å². The minimum Gasteiger partial charge on any atom is -0.370 e. The van der Waals surface area contributed by atoms with Gasteiger partial charge in [-0.3, -0.25) is 0 Å². The lowest BCUT2D eigenvalue weighted by Gasteiger charge is -1.98. The van der Waals surface area contributed by atoms with Gasteiger partial charge in [0.15, 0.2) is 0 Å². The molecule has 0 amide bonds. The SMILES string of the molecule is C=C/C(=C\C=C=C(C)C(C)P)C(=O)ON. The molecule has 4 heteroatoms. The van der Waals surface area contributed by atoms with E-state index in [4.69, 9.17) is 5.90 Å². The van der Waals surface area contributed by atoms with E-state index >= 15 is 0 Å². The van der Waals surface area contributed by atoms with Crippen LogP contribution < -0.4 is 5.90 Å². The van der Waals surface area contributed by atoms with Crippen molar-refractivity contribution in [3.63, 3.8) is 0 Å². The number of rotatable bonds is 4. The molecule has 2 N–H and O–H groups in total. The van der Waals surface area contributed by atoms with E-state index in [-0.39, 0.29) is 0 Å². The number of nitrogens with two attached hydrogens (primary N) is 1. The Morgan fingerprint density at radius 1 is 1.67 bits per heavy atom. The molecule has 0 aliphatic heterocycles. The lowest BCUT2D eigenvalue weighted by molar-refractivity contribution is -0.139. The molecule has 82 valence electrons. The number of hydrogen-bond donors (Lipinski definition) is 1. The van der Waals surface area contributed by atoms with Gasteiger partial charge < -0.3 is 4.84 Å². The topological polar surface area (TPSA) is 52.3 Å². The zero-order chi connectivity index (χ0) is 11.8. The average molecular weight is 225 g/mol. The number of allylic oxidation sites excluding steroid dienone is 2. The molecule has 0 aromatic rings. The second kappa shape index (κ2) is 7.19. The molecule has 2 atom stereocenters.